The zero-order chi connectivity index (χ0) is 28.0. The van der Waals surface area contributed by atoms with Crippen LogP contribution in [0.3, 0.4) is 0 Å². The summed E-state index contributed by atoms with van der Waals surface area (Å²) in [6.07, 6.45) is 2.57. The van der Waals surface area contributed by atoms with Gasteiger partial charge in [0.1, 0.15) is 18.5 Å². The molecule has 5 N–H and O–H groups in total. The van der Waals surface area contributed by atoms with E-state index < -0.39 is 18.1 Å². The molecule has 3 aromatic rings. The predicted octanol–water partition coefficient (Wildman–Crippen LogP) is 4.86. The van der Waals surface area contributed by atoms with Gasteiger partial charge in [-0.1, -0.05) is 61.5 Å². The van der Waals surface area contributed by atoms with Crippen LogP contribution >= 0.6 is 0 Å². The first-order chi connectivity index (χ1) is 18.9. The van der Waals surface area contributed by atoms with Crippen molar-refractivity contribution in [3.63, 3.8) is 0 Å². The number of anilines is 2. The molecule has 0 fully saturated rings. The van der Waals surface area contributed by atoms with Crippen LogP contribution in [0, 0.1) is 5.92 Å². The van der Waals surface area contributed by atoms with Gasteiger partial charge in [-0.2, -0.15) is 0 Å². The molecule has 0 aliphatic carbocycles. The summed E-state index contributed by atoms with van der Waals surface area (Å²) in [4.78, 5) is 37.5. The normalized spacial score (nSPS) is 12.4. The first-order valence-electron chi connectivity index (χ1n) is 12.6. The standard InChI is InChI=1S/C30H33N3O6/c1-21(11-5-10-18-27(35)32-25-16-8-7-15-24(25)31)28(23-14-6-9-17-26(23)38-20-19-34)39-30(37)33-29(36)22-12-3-2-4-13-22/h2-4,6-10,12-18,21,28,34H,5,11,19-20,31H2,1H3,(H,32,35)(H,33,36,37)/b18-10+/t21-,28-/m0/s1. The molecule has 0 aliphatic heterocycles. The predicted molar refractivity (Wildman–Crippen MR) is 149 cm³/mol. The fourth-order valence-corrected chi connectivity index (χ4v) is 3.87. The van der Waals surface area contributed by atoms with E-state index in [9.17, 15) is 19.5 Å². The van der Waals surface area contributed by atoms with Gasteiger partial charge in [-0.05, 0) is 55.2 Å². The lowest BCUT2D eigenvalue weighted by molar-refractivity contribution is -0.111. The van der Waals surface area contributed by atoms with Crippen LogP contribution in [-0.2, 0) is 9.53 Å². The lowest BCUT2D eigenvalue weighted by Crippen LogP contribution is -2.33. The molecule has 39 heavy (non-hydrogen) atoms. The summed E-state index contributed by atoms with van der Waals surface area (Å²) in [7, 11) is 0. The third-order valence-corrected chi connectivity index (χ3v) is 5.85. The first kappa shape index (κ1) is 28.9. The summed E-state index contributed by atoms with van der Waals surface area (Å²) < 4.78 is 11.4. The van der Waals surface area contributed by atoms with Crippen LogP contribution in [0.25, 0.3) is 0 Å². The lowest BCUT2D eigenvalue weighted by Gasteiger charge is -2.26. The van der Waals surface area contributed by atoms with Gasteiger partial charge in [0.25, 0.3) is 5.91 Å². The summed E-state index contributed by atoms with van der Waals surface area (Å²) in [5.74, 6) is -0.653. The third-order valence-electron chi connectivity index (χ3n) is 5.85. The van der Waals surface area contributed by atoms with Gasteiger partial charge >= 0.3 is 6.09 Å². The molecule has 0 heterocycles. The summed E-state index contributed by atoms with van der Waals surface area (Å²) in [6.45, 7) is 1.79. The molecule has 0 aromatic heterocycles. The zero-order valence-corrected chi connectivity index (χ0v) is 21.7. The number of nitrogens with one attached hydrogen (secondary N) is 2. The second-order valence-corrected chi connectivity index (χ2v) is 8.79. The van der Waals surface area contributed by atoms with Crippen molar-refractivity contribution in [1.29, 1.82) is 0 Å². The number of ether oxygens (including phenoxy) is 2. The van der Waals surface area contributed by atoms with Gasteiger partial charge < -0.3 is 25.6 Å². The maximum Gasteiger partial charge on any atom is 0.414 e. The SMILES string of the molecule is C[C@@H](CC/C=C/C(=O)Nc1ccccc1N)[C@H](OC(=O)NC(=O)c1ccccc1)c1ccccc1OCCO. The molecule has 0 saturated carbocycles. The Kier molecular flexibility index (Phi) is 11.1. The van der Waals surface area contributed by atoms with Gasteiger partial charge in [0.2, 0.25) is 5.91 Å². The topological polar surface area (TPSA) is 140 Å². The largest absolute Gasteiger partial charge is 0.491 e. The number of nitrogens with two attached hydrogens (primary N) is 1. The van der Waals surface area contributed by atoms with E-state index in [1.54, 1.807) is 84.9 Å². The van der Waals surface area contributed by atoms with E-state index in [2.05, 4.69) is 10.6 Å². The molecule has 0 unspecified atom stereocenters. The van der Waals surface area contributed by atoms with Crippen molar-refractivity contribution in [3.05, 3.63) is 102 Å². The van der Waals surface area contributed by atoms with E-state index in [4.69, 9.17) is 15.2 Å². The molecule has 9 heteroatoms. The second kappa shape index (κ2) is 14.9. The van der Waals surface area contributed by atoms with Crippen molar-refractivity contribution >= 4 is 29.3 Å². The number of para-hydroxylation sites is 3. The zero-order valence-electron chi connectivity index (χ0n) is 21.7. The van der Waals surface area contributed by atoms with E-state index in [1.807, 2.05) is 6.92 Å². The maximum absolute atomic E-state index is 12.7. The average molecular weight is 532 g/mol. The molecule has 2 atom stereocenters. The van der Waals surface area contributed by atoms with Crippen molar-refractivity contribution in [2.45, 2.75) is 25.9 Å². The Morgan fingerprint density at radius 2 is 1.67 bits per heavy atom. The number of allylic oxidation sites excluding steroid dienone is 1. The fourth-order valence-electron chi connectivity index (χ4n) is 3.87. The summed E-state index contributed by atoms with van der Waals surface area (Å²) >= 11 is 0. The molecule has 3 aromatic carbocycles. The van der Waals surface area contributed by atoms with Crippen molar-refractivity contribution in [2.24, 2.45) is 5.92 Å². The maximum atomic E-state index is 12.7. The lowest BCUT2D eigenvalue weighted by atomic mass is 9.92. The molecule has 0 bridgehead atoms. The number of hydrogen-bond donors (Lipinski definition) is 4. The number of aliphatic hydroxyl groups is 1. The molecular formula is C30H33N3O6. The fraction of sp³-hybridized carbons (Fsp3) is 0.233. The van der Waals surface area contributed by atoms with E-state index in [0.717, 1.165) is 0 Å². The van der Waals surface area contributed by atoms with Gasteiger partial charge in [-0.25, -0.2) is 4.79 Å². The van der Waals surface area contributed by atoms with Crippen LogP contribution in [0.1, 0.15) is 41.8 Å². The van der Waals surface area contributed by atoms with Gasteiger partial charge in [0.05, 0.1) is 18.0 Å². The van der Waals surface area contributed by atoms with E-state index >= 15 is 0 Å². The van der Waals surface area contributed by atoms with Gasteiger partial charge in [0, 0.05) is 11.1 Å². The Morgan fingerprint density at radius 3 is 2.41 bits per heavy atom. The molecule has 0 saturated heterocycles. The second-order valence-electron chi connectivity index (χ2n) is 8.79. The highest BCUT2D eigenvalue weighted by molar-refractivity contribution is 6.03. The van der Waals surface area contributed by atoms with Crippen LogP contribution in [0.4, 0.5) is 16.2 Å². The molecule has 0 spiro atoms. The molecule has 0 radical (unpaired) electrons. The van der Waals surface area contributed by atoms with Crippen LogP contribution in [-0.4, -0.2) is 36.2 Å². The number of imide groups is 1. The number of hydrogen-bond acceptors (Lipinski definition) is 7. The highest BCUT2D eigenvalue weighted by Crippen LogP contribution is 2.35. The quantitative estimate of drug-likeness (QED) is 0.193. The number of benzene rings is 3. The average Bonchev–Trinajstić information content (AvgIpc) is 2.94. The number of nitrogen functional groups attached to an aromatic ring is 1. The van der Waals surface area contributed by atoms with E-state index in [1.165, 1.54) is 6.08 Å². The summed E-state index contributed by atoms with van der Waals surface area (Å²) in [6, 6.07) is 22.4. The molecule has 0 aliphatic rings. The van der Waals surface area contributed by atoms with Gasteiger partial charge in [0.15, 0.2) is 0 Å². The number of carbonyl (C=O) groups is 3. The minimum Gasteiger partial charge on any atom is -0.491 e. The minimum absolute atomic E-state index is 0.0700. The van der Waals surface area contributed by atoms with E-state index in [0.29, 0.717) is 41.1 Å². The molecule has 204 valence electrons. The number of carbonyl (C=O) groups excluding carboxylic acids is 3. The Morgan fingerprint density at radius 1 is 0.974 bits per heavy atom. The number of alkyl carbamates (subject to hydrolysis) is 1. The summed E-state index contributed by atoms with van der Waals surface area (Å²) in [5, 5.41) is 14.2. The highest BCUT2D eigenvalue weighted by Gasteiger charge is 2.27. The van der Waals surface area contributed by atoms with Crippen LogP contribution in [0.15, 0.2) is 91.0 Å². The summed E-state index contributed by atoms with van der Waals surface area (Å²) in [5.41, 5.74) is 7.79. The smallest absolute Gasteiger partial charge is 0.414 e. The molecule has 3 amide bonds. The van der Waals surface area contributed by atoms with E-state index in [-0.39, 0.29) is 25.0 Å². The monoisotopic (exact) mass is 531 g/mol. The number of amides is 3. The van der Waals surface area contributed by atoms with Crippen molar-refractivity contribution in [2.75, 3.05) is 24.3 Å². The third kappa shape index (κ3) is 9.01. The van der Waals surface area contributed by atoms with Crippen LogP contribution in [0.2, 0.25) is 0 Å². The first-order valence-corrected chi connectivity index (χ1v) is 12.6. The molecule has 9 nitrogen and oxygen atoms in total. The number of aliphatic hydroxyl groups excluding tert-OH is 1. The molecular weight excluding hydrogens is 498 g/mol. The Balaban J connectivity index is 1.68. The van der Waals surface area contributed by atoms with Gasteiger partial charge in [-0.3, -0.25) is 14.9 Å². The minimum atomic E-state index is -0.895. The number of rotatable bonds is 12. The Labute approximate surface area is 227 Å². The Hall–Kier alpha value is -4.63. The molecule has 3 rings (SSSR count). The van der Waals surface area contributed by atoms with Crippen LogP contribution in [0.5, 0.6) is 5.75 Å². The Bertz CT molecular complexity index is 1280. The van der Waals surface area contributed by atoms with Crippen molar-refractivity contribution in [3.8, 4) is 5.75 Å². The van der Waals surface area contributed by atoms with Crippen LogP contribution < -0.4 is 21.1 Å². The van der Waals surface area contributed by atoms with Crippen molar-refractivity contribution < 1.29 is 29.0 Å². The van der Waals surface area contributed by atoms with Crippen molar-refractivity contribution in [1.82, 2.24) is 5.32 Å². The highest BCUT2D eigenvalue weighted by atomic mass is 16.6. The van der Waals surface area contributed by atoms with Gasteiger partial charge in [-0.15, -0.1) is 0 Å².